The second-order valence-corrected chi connectivity index (χ2v) is 7.05. The molecule has 0 aliphatic carbocycles. The normalized spacial score (nSPS) is 13.3. The van der Waals surface area contributed by atoms with Crippen LogP contribution in [0.5, 0.6) is 0 Å². The van der Waals surface area contributed by atoms with E-state index in [0.29, 0.717) is 18.9 Å². The lowest BCUT2D eigenvalue weighted by molar-refractivity contribution is 0.567. The first kappa shape index (κ1) is 17.1. The van der Waals surface area contributed by atoms with Gasteiger partial charge in [0.15, 0.2) is 0 Å². The molecule has 0 radical (unpaired) electrons. The summed E-state index contributed by atoms with van der Waals surface area (Å²) >= 11 is 0. The zero-order valence-corrected chi connectivity index (χ0v) is 13.2. The molecule has 2 N–H and O–H groups in total. The molecule has 0 amide bonds. The Morgan fingerprint density at radius 2 is 1.80 bits per heavy atom. The third-order valence-corrected chi connectivity index (χ3v) is 4.83. The summed E-state index contributed by atoms with van der Waals surface area (Å²) in [5, 5.41) is 3.01. The van der Waals surface area contributed by atoms with Crippen molar-refractivity contribution in [2.75, 3.05) is 25.9 Å². The van der Waals surface area contributed by atoms with Gasteiger partial charge in [-0.05, 0) is 44.3 Å². The van der Waals surface area contributed by atoms with Gasteiger partial charge in [0.2, 0.25) is 10.0 Å². The highest BCUT2D eigenvalue weighted by molar-refractivity contribution is 7.89. The molecule has 0 saturated heterocycles. The third kappa shape index (κ3) is 7.03. The van der Waals surface area contributed by atoms with Crippen molar-refractivity contribution in [1.82, 2.24) is 10.0 Å². The molecule has 0 aliphatic heterocycles. The quantitative estimate of drug-likeness (QED) is 0.650. The summed E-state index contributed by atoms with van der Waals surface area (Å²) in [6.07, 6.45) is 2.40. The van der Waals surface area contributed by atoms with E-state index in [1.165, 1.54) is 5.56 Å². The fourth-order valence-corrected chi connectivity index (χ4v) is 3.20. The van der Waals surface area contributed by atoms with Crippen molar-refractivity contribution in [3.05, 3.63) is 35.9 Å². The topological polar surface area (TPSA) is 58.2 Å². The lowest BCUT2D eigenvalue weighted by Gasteiger charge is -2.12. The molecule has 0 aliphatic rings. The van der Waals surface area contributed by atoms with Gasteiger partial charge in [0.1, 0.15) is 0 Å². The van der Waals surface area contributed by atoms with E-state index >= 15 is 0 Å². The minimum atomic E-state index is -3.12. The van der Waals surface area contributed by atoms with Gasteiger partial charge >= 0.3 is 0 Å². The van der Waals surface area contributed by atoms with Crippen molar-refractivity contribution in [3.63, 3.8) is 0 Å². The third-order valence-electron chi connectivity index (χ3n) is 3.36. The summed E-state index contributed by atoms with van der Waals surface area (Å²) in [6.45, 7) is 3.49. The molecule has 0 heterocycles. The van der Waals surface area contributed by atoms with Crippen LogP contribution in [0, 0.1) is 0 Å². The molecule has 0 fully saturated rings. The van der Waals surface area contributed by atoms with Gasteiger partial charge in [-0.3, -0.25) is 0 Å². The van der Waals surface area contributed by atoms with Gasteiger partial charge in [0.05, 0.1) is 5.75 Å². The van der Waals surface area contributed by atoms with Crippen LogP contribution in [0.2, 0.25) is 0 Å². The number of sulfonamides is 1. The molecule has 1 aromatic carbocycles. The number of hydrogen-bond donors (Lipinski definition) is 2. The first-order valence-corrected chi connectivity index (χ1v) is 8.87. The molecular weight excluding hydrogens is 272 g/mol. The largest absolute Gasteiger partial charge is 0.320 e. The average Bonchev–Trinajstić information content (AvgIpc) is 2.44. The summed E-state index contributed by atoms with van der Waals surface area (Å²) in [4.78, 5) is 0. The summed E-state index contributed by atoms with van der Waals surface area (Å²) < 4.78 is 26.2. The fourth-order valence-electron chi connectivity index (χ4n) is 2.05. The molecular formula is C15H26N2O2S. The van der Waals surface area contributed by atoms with Gasteiger partial charge in [-0.1, -0.05) is 37.3 Å². The predicted molar refractivity (Wildman–Crippen MR) is 84.4 cm³/mol. The van der Waals surface area contributed by atoms with Crippen molar-refractivity contribution in [1.29, 1.82) is 0 Å². The van der Waals surface area contributed by atoms with Gasteiger partial charge in [-0.2, -0.15) is 0 Å². The highest BCUT2D eigenvalue weighted by Gasteiger charge is 2.11. The minimum absolute atomic E-state index is 0.217. The lowest BCUT2D eigenvalue weighted by atomic mass is 9.98. The van der Waals surface area contributed by atoms with E-state index in [2.05, 4.69) is 29.1 Å². The first-order valence-electron chi connectivity index (χ1n) is 7.22. The van der Waals surface area contributed by atoms with Gasteiger partial charge in [0.25, 0.3) is 0 Å². The Morgan fingerprint density at radius 1 is 1.10 bits per heavy atom. The van der Waals surface area contributed by atoms with E-state index in [4.69, 9.17) is 0 Å². The van der Waals surface area contributed by atoms with E-state index in [0.717, 1.165) is 19.4 Å². The fraction of sp³-hybridized carbons (Fsp3) is 0.600. The SMILES string of the molecule is CNCCCCS(=O)(=O)NCCC(C)c1ccccc1. The van der Waals surface area contributed by atoms with Crippen molar-refractivity contribution < 1.29 is 8.42 Å². The lowest BCUT2D eigenvalue weighted by Crippen LogP contribution is -2.28. The van der Waals surface area contributed by atoms with E-state index in [1.807, 2.05) is 25.2 Å². The molecule has 0 bridgehead atoms. The van der Waals surface area contributed by atoms with Crippen LogP contribution >= 0.6 is 0 Å². The predicted octanol–water partition coefficient (Wildman–Crippen LogP) is 2.10. The van der Waals surface area contributed by atoms with Crippen molar-refractivity contribution in [3.8, 4) is 0 Å². The van der Waals surface area contributed by atoms with Crippen molar-refractivity contribution in [2.45, 2.75) is 32.1 Å². The summed E-state index contributed by atoms with van der Waals surface area (Å²) in [7, 11) is -1.24. The molecule has 0 aromatic heterocycles. The van der Waals surface area contributed by atoms with Gasteiger partial charge in [0, 0.05) is 6.54 Å². The van der Waals surface area contributed by atoms with Gasteiger partial charge in [-0.25, -0.2) is 13.1 Å². The maximum Gasteiger partial charge on any atom is 0.211 e. The Labute approximate surface area is 123 Å². The summed E-state index contributed by atoms with van der Waals surface area (Å²) in [5.74, 6) is 0.581. The Balaban J connectivity index is 2.25. The molecule has 1 aromatic rings. The number of nitrogens with one attached hydrogen (secondary N) is 2. The zero-order chi connectivity index (χ0) is 14.8. The second-order valence-electron chi connectivity index (χ2n) is 5.12. The van der Waals surface area contributed by atoms with E-state index in [9.17, 15) is 8.42 Å². The monoisotopic (exact) mass is 298 g/mol. The highest BCUT2D eigenvalue weighted by Crippen LogP contribution is 2.17. The van der Waals surface area contributed by atoms with Gasteiger partial charge < -0.3 is 5.32 Å². The Morgan fingerprint density at radius 3 is 2.45 bits per heavy atom. The van der Waals surface area contributed by atoms with Crippen LogP contribution in [0.25, 0.3) is 0 Å². The average molecular weight is 298 g/mol. The number of rotatable bonds is 10. The minimum Gasteiger partial charge on any atom is -0.320 e. The van der Waals surface area contributed by atoms with Crippen LogP contribution in [0.4, 0.5) is 0 Å². The van der Waals surface area contributed by atoms with Crippen LogP contribution in [0.1, 0.15) is 37.7 Å². The summed E-state index contributed by atoms with van der Waals surface area (Å²) in [5.41, 5.74) is 1.25. The van der Waals surface area contributed by atoms with E-state index < -0.39 is 10.0 Å². The van der Waals surface area contributed by atoms with Crippen LogP contribution in [-0.4, -0.2) is 34.3 Å². The second kappa shape index (κ2) is 9.10. The van der Waals surface area contributed by atoms with E-state index in [1.54, 1.807) is 0 Å². The maximum atomic E-state index is 11.8. The Kier molecular flexibility index (Phi) is 7.80. The molecule has 0 saturated carbocycles. The standard InChI is InChI=1S/C15H26N2O2S/c1-14(15-8-4-3-5-9-15)10-12-17-20(18,19)13-7-6-11-16-2/h3-5,8-9,14,16-17H,6-7,10-13H2,1-2H3. The van der Waals surface area contributed by atoms with Crippen molar-refractivity contribution in [2.24, 2.45) is 0 Å². The molecule has 1 unspecified atom stereocenters. The van der Waals surface area contributed by atoms with E-state index in [-0.39, 0.29) is 5.75 Å². The van der Waals surface area contributed by atoms with Gasteiger partial charge in [-0.15, -0.1) is 0 Å². The molecule has 0 spiro atoms. The molecule has 20 heavy (non-hydrogen) atoms. The van der Waals surface area contributed by atoms with Crippen molar-refractivity contribution >= 4 is 10.0 Å². The molecule has 4 nitrogen and oxygen atoms in total. The first-order chi connectivity index (χ1) is 9.55. The van der Waals surface area contributed by atoms with Crippen LogP contribution < -0.4 is 10.0 Å². The Bertz CT molecular complexity index is 460. The Hall–Kier alpha value is -0.910. The smallest absolute Gasteiger partial charge is 0.211 e. The highest BCUT2D eigenvalue weighted by atomic mass is 32.2. The molecule has 1 atom stereocenters. The number of benzene rings is 1. The zero-order valence-electron chi connectivity index (χ0n) is 12.4. The van der Waals surface area contributed by atoms with Crippen LogP contribution in [-0.2, 0) is 10.0 Å². The molecule has 5 heteroatoms. The van der Waals surface area contributed by atoms with Crippen LogP contribution in [0.3, 0.4) is 0 Å². The molecule has 1 rings (SSSR count). The number of hydrogen-bond acceptors (Lipinski definition) is 3. The summed E-state index contributed by atoms with van der Waals surface area (Å²) in [6, 6.07) is 10.2. The molecule has 114 valence electrons. The van der Waals surface area contributed by atoms with Crippen LogP contribution in [0.15, 0.2) is 30.3 Å². The maximum absolute atomic E-state index is 11.8. The number of unbranched alkanes of at least 4 members (excludes halogenated alkanes) is 1.